The summed E-state index contributed by atoms with van der Waals surface area (Å²) >= 11 is 3.53. The van der Waals surface area contributed by atoms with Crippen molar-refractivity contribution in [2.24, 2.45) is 0 Å². The maximum absolute atomic E-state index is 11.5. The summed E-state index contributed by atoms with van der Waals surface area (Å²) in [6, 6.07) is 15.0. The Morgan fingerprint density at radius 1 is 1.00 bits per heavy atom. The van der Waals surface area contributed by atoms with E-state index in [1.165, 1.54) is 66.2 Å². The van der Waals surface area contributed by atoms with Gasteiger partial charge in [0.15, 0.2) is 0 Å². The monoisotopic (exact) mass is 536 g/mol. The van der Waals surface area contributed by atoms with Gasteiger partial charge < -0.3 is 9.47 Å². The van der Waals surface area contributed by atoms with Crippen LogP contribution in [0.5, 0.6) is 0 Å². The minimum atomic E-state index is -0.521. The number of carbonyl (C=O) groups is 1. The van der Waals surface area contributed by atoms with Crippen molar-refractivity contribution >= 4 is 38.8 Å². The van der Waals surface area contributed by atoms with Gasteiger partial charge in [-0.25, -0.2) is 5.48 Å². The molecule has 0 aliphatic carbocycles. The predicted octanol–water partition coefficient (Wildman–Crippen LogP) is 4.97. The Bertz CT molecular complexity index is 1210. The highest BCUT2D eigenvalue weighted by atomic mass is 79.9. The lowest BCUT2D eigenvalue weighted by atomic mass is 10.0. The number of amides is 1. The topological polar surface area (TPSA) is 60.7 Å². The number of halogens is 1. The fraction of sp³-hybridized carbons (Fsp3) is 0.393. The van der Waals surface area contributed by atoms with Gasteiger partial charge in [-0.15, -0.1) is 0 Å². The second-order valence-corrected chi connectivity index (χ2v) is 10.6. The molecule has 1 amide bonds. The van der Waals surface area contributed by atoms with Gasteiger partial charge in [-0.05, 0) is 73.0 Å². The summed E-state index contributed by atoms with van der Waals surface area (Å²) in [5, 5.41) is 10.1. The first-order valence-electron chi connectivity index (χ1n) is 12.6. The molecule has 1 fully saturated rings. The molecule has 3 heterocycles. The van der Waals surface area contributed by atoms with Gasteiger partial charge in [0.2, 0.25) is 0 Å². The van der Waals surface area contributed by atoms with Crippen LogP contribution >= 0.6 is 15.9 Å². The van der Waals surface area contributed by atoms with Gasteiger partial charge >= 0.3 is 0 Å². The zero-order valence-corrected chi connectivity index (χ0v) is 21.6. The first-order valence-corrected chi connectivity index (χ1v) is 13.4. The molecule has 1 saturated heterocycles. The molecule has 2 aromatic carbocycles. The van der Waals surface area contributed by atoms with Gasteiger partial charge in [0.1, 0.15) is 0 Å². The van der Waals surface area contributed by atoms with Crippen LogP contribution in [0.1, 0.15) is 41.6 Å². The number of nitrogens with one attached hydrogen (secondary N) is 1. The van der Waals surface area contributed by atoms with Crippen LogP contribution in [-0.4, -0.2) is 51.7 Å². The molecule has 2 N–H and O–H groups in total. The molecule has 0 unspecified atom stereocenters. The largest absolute Gasteiger partial charge is 0.343 e. The van der Waals surface area contributed by atoms with Gasteiger partial charge in [-0.3, -0.25) is 14.9 Å². The van der Waals surface area contributed by atoms with Crippen LogP contribution in [0.3, 0.4) is 0 Å². The number of hydrogen-bond donors (Lipinski definition) is 2. The highest BCUT2D eigenvalue weighted by Crippen LogP contribution is 2.33. The minimum Gasteiger partial charge on any atom is -0.343 e. The molecule has 0 saturated carbocycles. The Hall–Kier alpha value is -2.45. The number of aromatic nitrogens is 1. The molecular weight excluding hydrogens is 504 g/mol. The smallest absolute Gasteiger partial charge is 0.267 e. The Labute approximate surface area is 215 Å². The van der Waals surface area contributed by atoms with Crippen molar-refractivity contribution in [3.05, 3.63) is 75.4 Å². The van der Waals surface area contributed by atoms with Crippen molar-refractivity contribution in [2.75, 3.05) is 26.2 Å². The van der Waals surface area contributed by atoms with E-state index in [1.54, 1.807) is 11.6 Å². The summed E-state index contributed by atoms with van der Waals surface area (Å²) < 4.78 is 3.65. The lowest BCUT2D eigenvalue weighted by Crippen LogP contribution is -2.34. The number of piperidine rings is 1. The Morgan fingerprint density at radius 2 is 1.80 bits per heavy atom. The molecule has 2 aliphatic heterocycles. The molecule has 7 heteroatoms. The molecule has 5 rings (SSSR count). The summed E-state index contributed by atoms with van der Waals surface area (Å²) in [6.45, 7) is 7.44. The van der Waals surface area contributed by atoms with Crippen molar-refractivity contribution in [1.82, 2.24) is 19.8 Å². The van der Waals surface area contributed by atoms with E-state index < -0.39 is 5.91 Å². The molecule has 35 heavy (non-hydrogen) atoms. The number of hydroxylamine groups is 1. The van der Waals surface area contributed by atoms with Gasteiger partial charge in [-0.2, -0.15) is 0 Å². The lowest BCUT2D eigenvalue weighted by Gasteiger charge is -2.29. The highest BCUT2D eigenvalue weighted by molar-refractivity contribution is 9.10. The van der Waals surface area contributed by atoms with Crippen LogP contribution in [0.15, 0.2) is 53.0 Å². The molecule has 1 aromatic heterocycles. The zero-order chi connectivity index (χ0) is 24.2. The van der Waals surface area contributed by atoms with Crippen molar-refractivity contribution in [3.63, 3.8) is 0 Å². The summed E-state index contributed by atoms with van der Waals surface area (Å²) in [5.74, 6) is -0.521. The van der Waals surface area contributed by atoms with Crippen molar-refractivity contribution in [2.45, 2.75) is 45.3 Å². The van der Waals surface area contributed by atoms with E-state index in [1.807, 2.05) is 0 Å². The van der Waals surface area contributed by atoms with Crippen molar-refractivity contribution < 1.29 is 10.0 Å². The van der Waals surface area contributed by atoms with E-state index in [0.29, 0.717) is 0 Å². The lowest BCUT2D eigenvalue weighted by molar-refractivity contribution is -0.124. The third-order valence-electron chi connectivity index (χ3n) is 7.30. The number of hydrogen-bond acceptors (Lipinski definition) is 4. The Kier molecular flexibility index (Phi) is 7.68. The van der Waals surface area contributed by atoms with E-state index in [2.05, 4.69) is 72.8 Å². The van der Waals surface area contributed by atoms with E-state index in [-0.39, 0.29) is 0 Å². The molecule has 184 valence electrons. The van der Waals surface area contributed by atoms with Crippen LogP contribution in [0, 0.1) is 0 Å². The summed E-state index contributed by atoms with van der Waals surface area (Å²) in [7, 11) is 0. The average molecular weight is 538 g/mol. The van der Waals surface area contributed by atoms with Crippen molar-refractivity contribution in [1.29, 1.82) is 0 Å². The van der Waals surface area contributed by atoms with E-state index in [9.17, 15) is 4.79 Å². The Morgan fingerprint density at radius 3 is 2.57 bits per heavy atom. The van der Waals surface area contributed by atoms with Crippen LogP contribution in [0.25, 0.3) is 17.0 Å². The fourth-order valence-corrected chi connectivity index (χ4v) is 5.76. The maximum atomic E-state index is 11.5. The summed E-state index contributed by atoms with van der Waals surface area (Å²) in [4.78, 5) is 16.6. The molecule has 6 nitrogen and oxygen atoms in total. The van der Waals surface area contributed by atoms with E-state index in [4.69, 9.17) is 5.21 Å². The maximum Gasteiger partial charge on any atom is 0.267 e. The molecule has 0 radical (unpaired) electrons. The molecule has 3 aromatic rings. The second-order valence-electron chi connectivity index (χ2n) is 9.65. The quantitative estimate of drug-likeness (QED) is 0.254. The molecule has 0 spiro atoms. The number of likely N-dealkylation sites (tertiary alicyclic amines) is 1. The summed E-state index contributed by atoms with van der Waals surface area (Å²) in [5.41, 5.74) is 8.09. The average Bonchev–Trinajstić information content (AvgIpc) is 3.20. The number of rotatable bonds is 7. The van der Waals surface area contributed by atoms with Crippen LogP contribution < -0.4 is 5.48 Å². The minimum absolute atomic E-state index is 0.521. The number of benzene rings is 2. The number of fused-ring (bicyclic) bond motifs is 3. The van der Waals surface area contributed by atoms with E-state index >= 15 is 0 Å². The predicted molar refractivity (Wildman–Crippen MR) is 143 cm³/mol. The first kappa shape index (κ1) is 24.3. The van der Waals surface area contributed by atoms with Gasteiger partial charge in [0.25, 0.3) is 5.91 Å². The zero-order valence-electron chi connectivity index (χ0n) is 20.0. The first-order chi connectivity index (χ1) is 17.1. The fourth-order valence-electron chi connectivity index (χ4n) is 5.50. The van der Waals surface area contributed by atoms with E-state index in [0.717, 1.165) is 49.2 Å². The van der Waals surface area contributed by atoms with Crippen LogP contribution in [-0.2, 0) is 30.8 Å². The SMILES string of the molecule is O=C(/C=C/c1ccc2c(c1)c1c(n2CCN2CCCCC2)CCN(Cc2ccc(Br)cc2)C1)NO. The van der Waals surface area contributed by atoms with Crippen LogP contribution in [0.4, 0.5) is 0 Å². The molecule has 0 bridgehead atoms. The summed E-state index contributed by atoms with van der Waals surface area (Å²) in [6.07, 6.45) is 8.14. The number of nitrogens with zero attached hydrogens (tertiary/aromatic N) is 3. The third kappa shape index (κ3) is 5.70. The second kappa shape index (κ2) is 11.1. The highest BCUT2D eigenvalue weighted by Gasteiger charge is 2.24. The third-order valence-corrected chi connectivity index (χ3v) is 7.83. The molecule has 0 atom stereocenters. The Balaban J connectivity index is 1.44. The normalized spacial score (nSPS) is 17.2. The van der Waals surface area contributed by atoms with Crippen molar-refractivity contribution in [3.8, 4) is 0 Å². The van der Waals surface area contributed by atoms with Gasteiger partial charge in [-0.1, -0.05) is 40.5 Å². The standard InChI is InChI=1S/C28H33BrN4O2/c29-23-8-4-22(5-9-23)19-32-15-12-27-25(20-32)24-18-21(7-11-28(34)30-35)6-10-26(24)33(27)17-16-31-13-2-1-3-14-31/h4-11,18,35H,1-3,12-17,19-20H2,(H,30,34)/b11-7+. The van der Waals surface area contributed by atoms with Crippen LogP contribution in [0.2, 0.25) is 0 Å². The molecule has 2 aliphatic rings. The molecular formula is C28H33BrN4O2. The van der Waals surface area contributed by atoms with Gasteiger partial charge in [0, 0.05) is 66.3 Å². The number of carbonyl (C=O) groups excluding carboxylic acids is 1. The van der Waals surface area contributed by atoms with Gasteiger partial charge in [0.05, 0.1) is 0 Å².